The number of benzene rings is 1. The van der Waals surface area contributed by atoms with Gasteiger partial charge < -0.3 is 9.52 Å². The average molecular weight is 299 g/mol. The van der Waals surface area contributed by atoms with Gasteiger partial charge in [-0.25, -0.2) is 4.39 Å². The number of carbonyl (C=O) groups is 1. The highest BCUT2D eigenvalue weighted by Crippen LogP contribution is 2.24. The minimum atomic E-state index is -0.834. The lowest BCUT2D eigenvalue weighted by Crippen LogP contribution is -1.95. The molecule has 0 aliphatic carbocycles. The summed E-state index contributed by atoms with van der Waals surface area (Å²) in [5.41, 5.74) is 0.193. The first-order chi connectivity index (χ1) is 9.56. The number of carboxylic acids is 1. The van der Waals surface area contributed by atoms with Gasteiger partial charge in [0.15, 0.2) is 0 Å². The number of hydrogen-bond donors (Lipinski definition) is 1. The van der Waals surface area contributed by atoms with Crippen LogP contribution in [0.2, 0.25) is 5.02 Å². The average Bonchev–Trinajstić information content (AvgIpc) is 2.83. The van der Waals surface area contributed by atoms with Crippen molar-refractivity contribution in [2.24, 2.45) is 0 Å². The quantitative estimate of drug-likeness (QED) is 0.828. The SMILES string of the molecule is O=C(O)CCCCc1nnc(-c2ccc(Cl)cc2F)o1. The Balaban J connectivity index is 1.99. The van der Waals surface area contributed by atoms with Gasteiger partial charge >= 0.3 is 5.97 Å². The predicted octanol–water partition coefficient (Wildman–Crippen LogP) is 3.33. The molecule has 7 heteroatoms. The second-order valence-corrected chi connectivity index (χ2v) is 4.66. The molecule has 2 rings (SSSR count). The highest BCUT2D eigenvalue weighted by atomic mass is 35.5. The fraction of sp³-hybridized carbons (Fsp3) is 0.308. The number of nitrogens with zero attached hydrogens (tertiary/aromatic N) is 2. The maximum Gasteiger partial charge on any atom is 0.303 e. The van der Waals surface area contributed by atoms with Crippen molar-refractivity contribution < 1.29 is 18.7 Å². The molecule has 1 N–H and O–H groups in total. The normalized spacial score (nSPS) is 10.7. The van der Waals surface area contributed by atoms with Gasteiger partial charge in [-0.3, -0.25) is 4.79 Å². The summed E-state index contributed by atoms with van der Waals surface area (Å²) in [5, 5.41) is 16.4. The van der Waals surface area contributed by atoms with Crippen LogP contribution in [0.15, 0.2) is 22.6 Å². The van der Waals surface area contributed by atoms with E-state index in [1.54, 1.807) is 0 Å². The van der Waals surface area contributed by atoms with E-state index in [2.05, 4.69) is 10.2 Å². The van der Waals surface area contributed by atoms with Gasteiger partial charge in [-0.2, -0.15) is 0 Å². The van der Waals surface area contributed by atoms with Gasteiger partial charge in [0.2, 0.25) is 5.89 Å². The number of rotatable bonds is 6. The number of carboxylic acid groups (broad SMARTS) is 1. The molecule has 0 aliphatic heterocycles. The van der Waals surface area contributed by atoms with Crippen molar-refractivity contribution in [2.75, 3.05) is 0 Å². The van der Waals surface area contributed by atoms with Crippen molar-refractivity contribution in [3.8, 4) is 11.5 Å². The van der Waals surface area contributed by atoms with Gasteiger partial charge in [-0.05, 0) is 31.0 Å². The van der Waals surface area contributed by atoms with Crippen LogP contribution in [0.5, 0.6) is 0 Å². The summed E-state index contributed by atoms with van der Waals surface area (Å²) in [6.45, 7) is 0. The van der Waals surface area contributed by atoms with E-state index in [4.69, 9.17) is 21.1 Å². The van der Waals surface area contributed by atoms with Gasteiger partial charge in [0.05, 0.1) is 5.56 Å². The number of hydrogen-bond acceptors (Lipinski definition) is 4. The summed E-state index contributed by atoms with van der Waals surface area (Å²) in [6, 6.07) is 4.18. The maximum atomic E-state index is 13.7. The second kappa shape index (κ2) is 6.47. The first-order valence-electron chi connectivity index (χ1n) is 6.06. The van der Waals surface area contributed by atoms with Crippen molar-refractivity contribution in [3.63, 3.8) is 0 Å². The first-order valence-corrected chi connectivity index (χ1v) is 6.43. The second-order valence-electron chi connectivity index (χ2n) is 4.23. The summed E-state index contributed by atoms with van der Waals surface area (Å²) in [6.07, 6.45) is 1.72. The monoisotopic (exact) mass is 298 g/mol. The summed E-state index contributed by atoms with van der Waals surface area (Å²) in [4.78, 5) is 10.4. The summed E-state index contributed by atoms with van der Waals surface area (Å²) in [7, 11) is 0. The molecular weight excluding hydrogens is 287 g/mol. The predicted molar refractivity (Wildman–Crippen MR) is 69.9 cm³/mol. The number of aromatic nitrogens is 2. The van der Waals surface area contributed by atoms with E-state index >= 15 is 0 Å². The first kappa shape index (κ1) is 14.5. The lowest BCUT2D eigenvalue weighted by atomic mass is 10.2. The van der Waals surface area contributed by atoms with Crippen molar-refractivity contribution in [1.29, 1.82) is 0 Å². The highest BCUT2D eigenvalue weighted by molar-refractivity contribution is 6.30. The summed E-state index contributed by atoms with van der Waals surface area (Å²) >= 11 is 5.67. The van der Waals surface area contributed by atoms with Crippen molar-refractivity contribution >= 4 is 17.6 Å². The van der Waals surface area contributed by atoms with Crippen LogP contribution in [-0.4, -0.2) is 21.3 Å². The highest BCUT2D eigenvalue weighted by Gasteiger charge is 2.13. The van der Waals surface area contributed by atoms with E-state index < -0.39 is 11.8 Å². The fourth-order valence-corrected chi connectivity index (χ4v) is 1.84. The Labute approximate surface area is 119 Å². The smallest absolute Gasteiger partial charge is 0.303 e. The van der Waals surface area contributed by atoms with Gasteiger partial charge in [-0.1, -0.05) is 11.6 Å². The Morgan fingerprint density at radius 3 is 2.85 bits per heavy atom. The summed E-state index contributed by atoms with van der Waals surface area (Å²) in [5.74, 6) is -0.912. The minimum absolute atomic E-state index is 0.0902. The third kappa shape index (κ3) is 3.77. The molecule has 0 aliphatic rings. The molecule has 0 bridgehead atoms. The van der Waals surface area contributed by atoms with E-state index in [0.29, 0.717) is 30.2 Å². The number of unbranched alkanes of at least 4 members (excludes halogenated alkanes) is 1. The largest absolute Gasteiger partial charge is 0.481 e. The van der Waals surface area contributed by atoms with Gasteiger partial charge in [0.25, 0.3) is 5.89 Å². The molecule has 1 aromatic carbocycles. The van der Waals surface area contributed by atoms with E-state index in [-0.39, 0.29) is 17.9 Å². The van der Waals surface area contributed by atoms with Crippen molar-refractivity contribution in [2.45, 2.75) is 25.7 Å². The Morgan fingerprint density at radius 1 is 1.35 bits per heavy atom. The number of aryl methyl sites for hydroxylation is 1. The van der Waals surface area contributed by atoms with Gasteiger partial charge in [0.1, 0.15) is 5.82 Å². The number of halogens is 2. The minimum Gasteiger partial charge on any atom is -0.481 e. The van der Waals surface area contributed by atoms with E-state index in [1.165, 1.54) is 18.2 Å². The molecule has 0 atom stereocenters. The van der Waals surface area contributed by atoms with Crippen LogP contribution in [0.25, 0.3) is 11.5 Å². The molecule has 1 aromatic heterocycles. The Hall–Kier alpha value is -1.95. The van der Waals surface area contributed by atoms with Crippen LogP contribution < -0.4 is 0 Å². The number of aliphatic carboxylic acids is 1. The van der Waals surface area contributed by atoms with E-state index in [1.807, 2.05) is 0 Å². The molecular formula is C13H12ClFN2O3. The molecule has 0 spiro atoms. The zero-order valence-corrected chi connectivity index (χ0v) is 11.2. The molecule has 20 heavy (non-hydrogen) atoms. The van der Waals surface area contributed by atoms with Crippen LogP contribution in [0.4, 0.5) is 4.39 Å². The van der Waals surface area contributed by atoms with Crippen molar-refractivity contribution in [3.05, 3.63) is 34.9 Å². The van der Waals surface area contributed by atoms with Crippen LogP contribution in [0, 0.1) is 5.82 Å². The molecule has 106 valence electrons. The summed E-state index contributed by atoms with van der Waals surface area (Å²) < 4.78 is 19.0. The molecule has 0 amide bonds. The Kier molecular flexibility index (Phi) is 4.68. The molecule has 2 aromatic rings. The lowest BCUT2D eigenvalue weighted by Gasteiger charge is -1.98. The molecule has 0 fully saturated rings. The van der Waals surface area contributed by atoms with Crippen LogP contribution in [0.1, 0.15) is 25.2 Å². The lowest BCUT2D eigenvalue weighted by molar-refractivity contribution is -0.137. The third-order valence-electron chi connectivity index (χ3n) is 2.66. The van der Waals surface area contributed by atoms with E-state index in [0.717, 1.165) is 0 Å². The molecule has 5 nitrogen and oxygen atoms in total. The molecule has 0 unspecified atom stereocenters. The van der Waals surface area contributed by atoms with E-state index in [9.17, 15) is 9.18 Å². The van der Waals surface area contributed by atoms with Crippen LogP contribution in [-0.2, 0) is 11.2 Å². The van der Waals surface area contributed by atoms with Crippen LogP contribution in [0.3, 0.4) is 0 Å². The molecule has 0 saturated carbocycles. The zero-order valence-electron chi connectivity index (χ0n) is 10.5. The molecule has 0 radical (unpaired) electrons. The Bertz CT molecular complexity index is 615. The third-order valence-corrected chi connectivity index (χ3v) is 2.89. The van der Waals surface area contributed by atoms with Gasteiger partial charge in [-0.15, -0.1) is 10.2 Å². The topological polar surface area (TPSA) is 76.2 Å². The fourth-order valence-electron chi connectivity index (χ4n) is 1.68. The van der Waals surface area contributed by atoms with Gasteiger partial charge in [0, 0.05) is 17.9 Å². The van der Waals surface area contributed by atoms with Crippen LogP contribution >= 0.6 is 11.6 Å². The van der Waals surface area contributed by atoms with Crippen molar-refractivity contribution in [1.82, 2.24) is 10.2 Å². The molecule has 1 heterocycles. The molecule has 0 saturated heterocycles. The maximum absolute atomic E-state index is 13.7. The Morgan fingerprint density at radius 2 is 2.15 bits per heavy atom. The zero-order chi connectivity index (χ0) is 14.5. The standard InChI is InChI=1S/C13H12ClFN2O3/c14-8-5-6-9(10(15)7-8)13-17-16-11(20-13)3-1-2-4-12(18)19/h5-7H,1-4H2,(H,18,19).